The predicted octanol–water partition coefficient (Wildman–Crippen LogP) is 2.01. The molecule has 1 atom stereocenters. The fourth-order valence-electron chi connectivity index (χ4n) is 1.80. The highest BCUT2D eigenvalue weighted by Crippen LogP contribution is 2.20. The summed E-state index contributed by atoms with van der Waals surface area (Å²) in [6.45, 7) is 6.03. The van der Waals surface area contributed by atoms with E-state index in [9.17, 15) is 17.2 Å². The van der Waals surface area contributed by atoms with Crippen LogP contribution >= 0.6 is 0 Å². The quantitative estimate of drug-likeness (QED) is 0.874. The molecule has 0 bridgehead atoms. The van der Waals surface area contributed by atoms with Crippen LogP contribution in [0.3, 0.4) is 0 Å². The Balaban J connectivity index is 2.73. The molecule has 7 heteroatoms. The number of hydrogen-bond acceptors (Lipinski definition) is 3. The lowest BCUT2D eigenvalue weighted by Gasteiger charge is -2.23. The summed E-state index contributed by atoms with van der Waals surface area (Å²) in [5, 5.41) is 0. The Bertz CT molecular complexity index is 568. The Morgan fingerprint density at radius 3 is 2.35 bits per heavy atom. The molecule has 3 N–H and O–H groups in total. The zero-order valence-corrected chi connectivity index (χ0v) is 12.6. The van der Waals surface area contributed by atoms with Crippen LogP contribution in [0, 0.1) is 17.0 Å². The molecule has 0 aromatic heterocycles. The van der Waals surface area contributed by atoms with Gasteiger partial charge in [0.1, 0.15) is 0 Å². The summed E-state index contributed by atoms with van der Waals surface area (Å²) in [5.41, 5.74) is 5.82. The van der Waals surface area contributed by atoms with Gasteiger partial charge in [-0.25, -0.2) is 21.9 Å². The zero-order valence-electron chi connectivity index (χ0n) is 11.8. The van der Waals surface area contributed by atoms with Gasteiger partial charge in [0.2, 0.25) is 10.0 Å². The van der Waals surface area contributed by atoms with Crippen molar-refractivity contribution in [1.82, 2.24) is 4.72 Å². The molecule has 1 aromatic rings. The summed E-state index contributed by atoms with van der Waals surface area (Å²) in [7, 11) is -3.89. The number of halogens is 2. The molecule has 0 saturated carbocycles. The first-order chi connectivity index (χ1) is 9.01. The minimum atomic E-state index is -3.89. The largest absolute Gasteiger partial charge is 0.326 e. The molecule has 4 nitrogen and oxygen atoms in total. The van der Waals surface area contributed by atoms with Crippen molar-refractivity contribution in [3.8, 4) is 0 Å². The van der Waals surface area contributed by atoms with Crippen LogP contribution < -0.4 is 10.5 Å². The first-order valence-electron chi connectivity index (χ1n) is 6.21. The molecule has 0 aliphatic heterocycles. The van der Waals surface area contributed by atoms with E-state index in [0.29, 0.717) is 12.5 Å². The smallest absolute Gasteiger partial charge is 0.240 e. The molecule has 0 amide bonds. The topological polar surface area (TPSA) is 72.2 Å². The molecule has 0 fully saturated rings. The van der Waals surface area contributed by atoms with Gasteiger partial charge in [0.15, 0.2) is 11.6 Å². The number of nitrogens with one attached hydrogen (secondary N) is 1. The summed E-state index contributed by atoms with van der Waals surface area (Å²) >= 11 is 0. The van der Waals surface area contributed by atoms with E-state index < -0.39 is 21.7 Å². The average Bonchev–Trinajstić information content (AvgIpc) is 2.28. The van der Waals surface area contributed by atoms with E-state index in [0.717, 1.165) is 12.1 Å². The fourth-order valence-corrected chi connectivity index (χ4v) is 2.91. The molecule has 1 unspecified atom stereocenters. The molecule has 0 aliphatic rings. The summed E-state index contributed by atoms with van der Waals surface area (Å²) in [4.78, 5) is -0.320. The first-order valence-corrected chi connectivity index (χ1v) is 7.70. The second kappa shape index (κ2) is 6.15. The standard InChI is InChI=1S/C13H20F2N2O2S/c1-13(2,3)7-9(16)8-17-20(18,19)10-4-5-11(14)12(15)6-10/h4-6,9,17H,7-8,16H2,1-3H3. The van der Waals surface area contributed by atoms with Gasteiger partial charge in [-0.05, 0) is 30.0 Å². The van der Waals surface area contributed by atoms with E-state index in [4.69, 9.17) is 5.73 Å². The van der Waals surface area contributed by atoms with Crippen molar-refractivity contribution in [2.75, 3.05) is 6.54 Å². The van der Waals surface area contributed by atoms with Gasteiger partial charge in [0, 0.05) is 12.6 Å². The van der Waals surface area contributed by atoms with Gasteiger partial charge >= 0.3 is 0 Å². The van der Waals surface area contributed by atoms with Crippen LogP contribution in [0.15, 0.2) is 23.1 Å². The third-order valence-electron chi connectivity index (χ3n) is 2.61. The maximum absolute atomic E-state index is 13.0. The zero-order chi connectivity index (χ0) is 15.6. The number of nitrogens with two attached hydrogens (primary N) is 1. The highest BCUT2D eigenvalue weighted by molar-refractivity contribution is 7.89. The lowest BCUT2D eigenvalue weighted by atomic mass is 9.88. The highest BCUT2D eigenvalue weighted by Gasteiger charge is 2.20. The molecule has 0 spiro atoms. The second-order valence-corrected chi connectivity index (χ2v) is 7.72. The van der Waals surface area contributed by atoms with E-state index in [-0.39, 0.29) is 22.9 Å². The van der Waals surface area contributed by atoms with Crippen molar-refractivity contribution in [2.24, 2.45) is 11.1 Å². The van der Waals surface area contributed by atoms with E-state index in [2.05, 4.69) is 4.72 Å². The molecule has 20 heavy (non-hydrogen) atoms. The molecule has 1 aromatic carbocycles. The molecule has 114 valence electrons. The van der Waals surface area contributed by atoms with Crippen LogP contribution in [0.2, 0.25) is 0 Å². The average molecular weight is 306 g/mol. The summed E-state index contributed by atoms with van der Waals surface area (Å²) in [5.74, 6) is -2.29. The molecule has 0 radical (unpaired) electrons. The minimum absolute atomic E-state index is 0.0210. The predicted molar refractivity (Wildman–Crippen MR) is 73.6 cm³/mol. The number of hydrogen-bond donors (Lipinski definition) is 2. The van der Waals surface area contributed by atoms with Gasteiger partial charge in [-0.15, -0.1) is 0 Å². The Labute approximate surface area is 118 Å². The molecular weight excluding hydrogens is 286 g/mol. The maximum atomic E-state index is 13.0. The summed E-state index contributed by atoms with van der Waals surface area (Å²) < 4.78 is 51.9. The number of benzene rings is 1. The third kappa shape index (κ3) is 5.15. The van der Waals surface area contributed by atoms with Crippen LogP contribution in [0.25, 0.3) is 0 Å². The Morgan fingerprint density at radius 2 is 1.85 bits per heavy atom. The van der Waals surface area contributed by atoms with E-state index in [1.807, 2.05) is 20.8 Å². The maximum Gasteiger partial charge on any atom is 0.240 e. The minimum Gasteiger partial charge on any atom is -0.326 e. The number of sulfonamides is 1. The van der Waals surface area contributed by atoms with Crippen LogP contribution in [0.5, 0.6) is 0 Å². The lowest BCUT2D eigenvalue weighted by molar-refractivity contribution is 0.338. The van der Waals surface area contributed by atoms with Crippen molar-refractivity contribution in [1.29, 1.82) is 0 Å². The lowest BCUT2D eigenvalue weighted by Crippen LogP contribution is -2.39. The van der Waals surface area contributed by atoms with Gasteiger partial charge in [-0.3, -0.25) is 0 Å². The van der Waals surface area contributed by atoms with Crippen LogP contribution in [0.1, 0.15) is 27.2 Å². The van der Waals surface area contributed by atoms with Crippen molar-refractivity contribution >= 4 is 10.0 Å². The normalized spacial score (nSPS) is 14.3. The highest BCUT2D eigenvalue weighted by atomic mass is 32.2. The molecule has 0 saturated heterocycles. The Kier molecular flexibility index (Phi) is 5.23. The van der Waals surface area contributed by atoms with Crippen LogP contribution in [-0.2, 0) is 10.0 Å². The second-order valence-electron chi connectivity index (χ2n) is 5.95. The Morgan fingerprint density at radius 1 is 1.25 bits per heavy atom. The molecule has 0 heterocycles. The SMILES string of the molecule is CC(C)(C)CC(N)CNS(=O)(=O)c1ccc(F)c(F)c1. The summed E-state index contributed by atoms with van der Waals surface area (Å²) in [6.07, 6.45) is 0.632. The van der Waals surface area contributed by atoms with Crippen molar-refractivity contribution in [3.05, 3.63) is 29.8 Å². The van der Waals surface area contributed by atoms with Crippen molar-refractivity contribution in [2.45, 2.75) is 38.1 Å². The van der Waals surface area contributed by atoms with Crippen LogP contribution in [-0.4, -0.2) is 21.0 Å². The van der Waals surface area contributed by atoms with Gasteiger partial charge in [-0.1, -0.05) is 20.8 Å². The fraction of sp³-hybridized carbons (Fsp3) is 0.538. The summed E-state index contributed by atoms with van der Waals surface area (Å²) in [6, 6.07) is 2.08. The first kappa shape index (κ1) is 17.0. The van der Waals surface area contributed by atoms with Gasteiger partial charge in [0.25, 0.3) is 0 Å². The van der Waals surface area contributed by atoms with Crippen LogP contribution in [0.4, 0.5) is 8.78 Å². The number of rotatable bonds is 5. The van der Waals surface area contributed by atoms with E-state index in [1.54, 1.807) is 0 Å². The third-order valence-corrected chi connectivity index (χ3v) is 4.03. The van der Waals surface area contributed by atoms with Gasteiger partial charge in [-0.2, -0.15) is 0 Å². The van der Waals surface area contributed by atoms with Gasteiger partial charge in [0.05, 0.1) is 4.90 Å². The van der Waals surface area contributed by atoms with Gasteiger partial charge < -0.3 is 5.73 Å². The molecular formula is C13H20F2N2O2S. The van der Waals surface area contributed by atoms with E-state index >= 15 is 0 Å². The molecule has 0 aliphatic carbocycles. The Hall–Kier alpha value is -1.05. The van der Waals surface area contributed by atoms with Crippen molar-refractivity contribution in [3.63, 3.8) is 0 Å². The van der Waals surface area contributed by atoms with E-state index in [1.165, 1.54) is 0 Å². The van der Waals surface area contributed by atoms with Crippen molar-refractivity contribution < 1.29 is 17.2 Å². The monoisotopic (exact) mass is 306 g/mol. The molecule has 1 rings (SSSR count).